The summed E-state index contributed by atoms with van der Waals surface area (Å²) in [7, 11) is 0. The summed E-state index contributed by atoms with van der Waals surface area (Å²) in [4.78, 5) is 28.2. The van der Waals surface area contributed by atoms with Crippen molar-refractivity contribution >= 4 is 11.8 Å². The highest BCUT2D eigenvalue weighted by molar-refractivity contribution is 5.88. The third kappa shape index (κ3) is 6.81. The monoisotopic (exact) mass is 468 g/mol. The molecule has 2 aromatic rings. The number of benzene rings is 2. The lowest BCUT2D eigenvalue weighted by molar-refractivity contribution is -0.143. The highest BCUT2D eigenvalue weighted by atomic mass is 19.1. The van der Waals surface area contributed by atoms with Gasteiger partial charge in [-0.2, -0.15) is 0 Å². The lowest BCUT2D eigenvalue weighted by Gasteiger charge is -2.32. The van der Waals surface area contributed by atoms with Crippen LogP contribution in [0.3, 0.4) is 0 Å². The first-order valence-corrected chi connectivity index (χ1v) is 12.3. The summed E-state index contributed by atoms with van der Waals surface area (Å²) in [6.07, 6.45) is 5.86. The first kappa shape index (κ1) is 25.7. The third-order valence-corrected chi connectivity index (χ3v) is 6.72. The van der Waals surface area contributed by atoms with Gasteiger partial charge in [-0.15, -0.1) is 0 Å². The van der Waals surface area contributed by atoms with Gasteiger partial charge in [0.1, 0.15) is 17.6 Å². The van der Waals surface area contributed by atoms with Crippen LogP contribution in [0.15, 0.2) is 36.4 Å². The lowest BCUT2D eigenvalue weighted by Crippen LogP contribution is -2.52. The van der Waals surface area contributed by atoms with Crippen LogP contribution in [-0.2, 0) is 16.1 Å². The predicted molar refractivity (Wildman–Crippen MR) is 132 cm³/mol. The topological polar surface area (TPSA) is 58.6 Å². The summed E-state index contributed by atoms with van der Waals surface area (Å²) >= 11 is 0. The van der Waals surface area contributed by atoms with Crippen molar-refractivity contribution in [2.75, 3.05) is 6.61 Å². The summed E-state index contributed by atoms with van der Waals surface area (Å²) in [5, 5.41) is 3.16. The van der Waals surface area contributed by atoms with Crippen LogP contribution in [0.1, 0.15) is 67.7 Å². The highest BCUT2D eigenvalue weighted by Crippen LogP contribution is 2.24. The minimum absolute atomic E-state index is 0.132. The predicted octanol–water partition coefficient (Wildman–Crippen LogP) is 5.39. The Morgan fingerprint density at radius 3 is 2.41 bits per heavy atom. The largest absolute Gasteiger partial charge is 0.483 e. The molecule has 1 N–H and O–H groups in total. The highest BCUT2D eigenvalue weighted by Gasteiger charge is 2.30. The number of hydrogen-bond donors (Lipinski definition) is 1. The number of carbonyl (C=O) groups excluding carboxylic acids is 2. The van der Waals surface area contributed by atoms with Crippen molar-refractivity contribution in [3.63, 3.8) is 0 Å². The molecule has 0 aliphatic heterocycles. The van der Waals surface area contributed by atoms with Gasteiger partial charge in [-0.05, 0) is 80.5 Å². The van der Waals surface area contributed by atoms with Gasteiger partial charge in [0.25, 0.3) is 5.91 Å². The maximum Gasteiger partial charge on any atom is 0.261 e. The summed E-state index contributed by atoms with van der Waals surface area (Å²) in [6.45, 7) is 7.93. The van der Waals surface area contributed by atoms with Crippen LogP contribution in [0, 0.1) is 26.6 Å². The maximum atomic E-state index is 13.4. The van der Waals surface area contributed by atoms with Gasteiger partial charge in [0, 0.05) is 12.6 Å². The van der Waals surface area contributed by atoms with Crippen LogP contribution in [0.25, 0.3) is 0 Å². The quantitative estimate of drug-likeness (QED) is 0.537. The Kier molecular flexibility index (Phi) is 9.08. The molecule has 5 nitrogen and oxygen atoms in total. The molecule has 0 spiro atoms. The van der Waals surface area contributed by atoms with Gasteiger partial charge in [-0.25, -0.2) is 4.39 Å². The Morgan fingerprint density at radius 2 is 1.76 bits per heavy atom. The number of amides is 2. The first-order chi connectivity index (χ1) is 16.3. The van der Waals surface area contributed by atoms with E-state index in [4.69, 9.17) is 4.74 Å². The number of ether oxygens (including phenoxy) is 1. The van der Waals surface area contributed by atoms with Crippen molar-refractivity contribution in [3.8, 4) is 5.75 Å². The molecule has 34 heavy (non-hydrogen) atoms. The second-order valence-corrected chi connectivity index (χ2v) is 9.41. The zero-order valence-corrected chi connectivity index (χ0v) is 20.8. The van der Waals surface area contributed by atoms with Crippen LogP contribution in [0.5, 0.6) is 5.75 Å². The molecular formula is C28H37FN2O3. The standard InChI is InChI=1S/C28H37FN2O3/c1-5-25(28(33)30-24-9-7-6-8-10-24)31(17-22-11-13-23(29)14-12-22)27(32)18-34-26-16-19(2)15-20(3)21(26)4/h11-16,24-25H,5-10,17-18H2,1-4H3,(H,30,33)/t25-/m0/s1. The molecule has 2 amide bonds. The molecule has 1 aliphatic carbocycles. The molecule has 3 rings (SSSR count). The van der Waals surface area contributed by atoms with Gasteiger partial charge in [0.05, 0.1) is 0 Å². The minimum Gasteiger partial charge on any atom is -0.483 e. The van der Waals surface area contributed by atoms with Crippen LogP contribution in [-0.4, -0.2) is 35.4 Å². The smallest absolute Gasteiger partial charge is 0.261 e. The van der Waals surface area contributed by atoms with E-state index in [9.17, 15) is 14.0 Å². The van der Waals surface area contributed by atoms with Gasteiger partial charge >= 0.3 is 0 Å². The molecule has 1 aliphatic rings. The molecule has 0 unspecified atom stereocenters. The number of carbonyl (C=O) groups is 2. The van der Waals surface area contributed by atoms with E-state index in [0.717, 1.165) is 47.9 Å². The van der Waals surface area contributed by atoms with Crippen molar-refractivity contribution in [2.24, 2.45) is 0 Å². The van der Waals surface area contributed by atoms with Crippen LogP contribution < -0.4 is 10.1 Å². The lowest BCUT2D eigenvalue weighted by atomic mass is 9.95. The molecule has 0 radical (unpaired) electrons. The number of rotatable bonds is 9. The number of nitrogens with one attached hydrogen (secondary N) is 1. The molecule has 0 aromatic heterocycles. The van der Waals surface area contributed by atoms with Crippen LogP contribution in [0.2, 0.25) is 0 Å². The van der Waals surface area contributed by atoms with Crippen LogP contribution >= 0.6 is 0 Å². The Bertz CT molecular complexity index is 984. The van der Waals surface area contributed by atoms with Crippen LogP contribution in [0.4, 0.5) is 4.39 Å². The van der Waals surface area contributed by atoms with E-state index < -0.39 is 6.04 Å². The molecule has 0 saturated heterocycles. The van der Waals surface area contributed by atoms with Crippen molar-refractivity contribution in [3.05, 3.63) is 64.5 Å². The number of nitrogens with zero attached hydrogens (tertiary/aromatic N) is 1. The fraction of sp³-hybridized carbons (Fsp3) is 0.500. The van der Waals surface area contributed by atoms with E-state index >= 15 is 0 Å². The molecule has 6 heteroatoms. The molecule has 1 fully saturated rings. The average Bonchev–Trinajstić information content (AvgIpc) is 2.82. The normalized spacial score (nSPS) is 15.0. The zero-order valence-electron chi connectivity index (χ0n) is 20.8. The Labute approximate surface area is 202 Å². The summed E-state index contributed by atoms with van der Waals surface area (Å²) < 4.78 is 19.4. The second-order valence-electron chi connectivity index (χ2n) is 9.41. The molecule has 184 valence electrons. The second kappa shape index (κ2) is 12.0. The Hall–Kier alpha value is -2.89. The Balaban J connectivity index is 1.78. The number of aryl methyl sites for hydroxylation is 2. The van der Waals surface area contributed by atoms with Crippen molar-refractivity contribution in [2.45, 2.75) is 84.8 Å². The van der Waals surface area contributed by atoms with Gasteiger partial charge < -0.3 is 15.0 Å². The van der Waals surface area contributed by atoms with E-state index in [1.54, 1.807) is 17.0 Å². The van der Waals surface area contributed by atoms with E-state index in [0.29, 0.717) is 12.2 Å². The summed E-state index contributed by atoms with van der Waals surface area (Å²) in [5.74, 6) is -0.0643. The van der Waals surface area contributed by atoms with Gasteiger partial charge in [0.15, 0.2) is 6.61 Å². The molecular weight excluding hydrogens is 431 g/mol. The van der Waals surface area contributed by atoms with Gasteiger partial charge in [0.2, 0.25) is 5.91 Å². The minimum atomic E-state index is -0.622. The van der Waals surface area contributed by atoms with E-state index in [-0.39, 0.29) is 36.8 Å². The maximum absolute atomic E-state index is 13.4. The van der Waals surface area contributed by atoms with E-state index in [1.165, 1.54) is 18.6 Å². The number of hydrogen-bond acceptors (Lipinski definition) is 3. The van der Waals surface area contributed by atoms with Crippen molar-refractivity contribution < 1.29 is 18.7 Å². The fourth-order valence-corrected chi connectivity index (χ4v) is 4.62. The summed E-state index contributed by atoms with van der Waals surface area (Å²) in [5.41, 5.74) is 3.92. The SMILES string of the molecule is CC[C@@H](C(=O)NC1CCCCC1)N(Cc1ccc(F)cc1)C(=O)COc1cc(C)cc(C)c1C. The fourth-order valence-electron chi connectivity index (χ4n) is 4.62. The summed E-state index contributed by atoms with van der Waals surface area (Å²) in [6, 6.07) is 9.58. The molecule has 0 bridgehead atoms. The molecule has 2 aromatic carbocycles. The number of halogens is 1. The van der Waals surface area contributed by atoms with Gasteiger partial charge in [-0.1, -0.05) is 44.4 Å². The van der Waals surface area contributed by atoms with E-state index in [1.807, 2.05) is 33.8 Å². The van der Waals surface area contributed by atoms with Crippen molar-refractivity contribution in [1.29, 1.82) is 0 Å². The van der Waals surface area contributed by atoms with E-state index in [2.05, 4.69) is 11.4 Å². The Morgan fingerprint density at radius 1 is 1.09 bits per heavy atom. The molecule has 1 saturated carbocycles. The zero-order chi connectivity index (χ0) is 24.7. The van der Waals surface area contributed by atoms with Gasteiger partial charge in [-0.3, -0.25) is 9.59 Å². The molecule has 1 atom stereocenters. The molecule has 0 heterocycles. The average molecular weight is 469 g/mol. The third-order valence-electron chi connectivity index (χ3n) is 6.72. The van der Waals surface area contributed by atoms with Crippen molar-refractivity contribution in [1.82, 2.24) is 10.2 Å². The first-order valence-electron chi connectivity index (χ1n) is 12.3.